The van der Waals surface area contributed by atoms with Crippen molar-refractivity contribution in [3.05, 3.63) is 64.7 Å². The summed E-state index contributed by atoms with van der Waals surface area (Å²) in [6, 6.07) is 14.8. The lowest BCUT2D eigenvalue weighted by Gasteiger charge is -2.17. The molecule has 0 aliphatic heterocycles. The number of benzene rings is 2. The van der Waals surface area contributed by atoms with Gasteiger partial charge in [0.1, 0.15) is 11.9 Å². The van der Waals surface area contributed by atoms with Gasteiger partial charge in [0, 0.05) is 16.1 Å². The van der Waals surface area contributed by atoms with E-state index in [9.17, 15) is 5.11 Å². The van der Waals surface area contributed by atoms with E-state index in [0.29, 0.717) is 22.9 Å². The maximum Gasteiger partial charge on any atom is 0.125 e. The van der Waals surface area contributed by atoms with Crippen LogP contribution in [0.5, 0.6) is 5.75 Å². The van der Waals surface area contributed by atoms with Crippen LogP contribution >= 0.6 is 11.6 Å². The first kappa shape index (κ1) is 13.9. The van der Waals surface area contributed by atoms with Gasteiger partial charge >= 0.3 is 0 Å². The Kier molecular flexibility index (Phi) is 4.83. The van der Waals surface area contributed by atoms with Crippen LogP contribution in [-0.2, 0) is 0 Å². The first-order valence-corrected chi connectivity index (χ1v) is 6.76. The summed E-state index contributed by atoms with van der Waals surface area (Å²) in [5, 5.41) is 11.0. The molecule has 1 unspecified atom stereocenters. The van der Waals surface area contributed by atoms with E-state index in [4.69, 9.17) is 16.3 Å². The van der Waals surface area contributed by atoms with E-state index in [0.717, 1.165) is 12.0 Å². The van der Waals surface area contributed by atoms with Gasteiger partial charge in [-0.3, -0.25) is 0 Å². The number of hydrogen-bond acceptors (Lipinski definition) is 2. The Labute approximate surface area is 118 Å². The molecule has 1 N–H and O–H groups in total. The summed E-state index contributed by atoms with van der Waals surface area (Å²) in [6.45, 7) is 2.68. The zero-order valence-corrected chi connectivity index (χ0v) is 11.6. The molecule has 0 heterocycles. The Morgan fingerprint density at radius 1 is 1.05 bits per heavy atom. The maximum absolute atomic E-state index is 10.5. The van der Waals surface area contributed by atoms with E-state index in [1.54, 1.807) is 6.07 Å². The Bertz CT molecular complexity index is 540. The zero-order valence-electron chi connectivity index (χ0n) is 10.8. The minimum absolute atomic E-state index is 0.556. The second-order valence-electron chi connectivity index (χ2n) is 4.31. The SMILES string of the molecule is CCCOc1ccccc1C(O)c1ccccc1Cl. The van der Waals surface area contributed by atoms with Gasteiger partial charge in [-0.2, -0.15) is 0 Å². The molecule has 0 saturated carbocycles. The van der Waals surface area contributed by atoms with Crippen molar-refractivity contribution in [3.63, 3.8) is 0 Å². The quantitative estimate of drug-likeness (QED) is 0.886. The second-order valence-corrected chi connectivity index (χ2v) is 4.72. The van der Waals surface area contributed by atoms with E-state index in [1.807, 2.05) is 49.4 Å². The van der Waals surface area contributed by atoms with Gasteiger partial charge < -0.3 is 9.84 Å². The van der Waals surface area contributed by atoms with Gasteiger partial charge in [0.25, 0.3) is 0 Å². The smallest absolute Gasteiger partial charge is 0.125 e. The highest BCUT2D eigenvalue weighted by atomic mass is 35.5. The number of ether oxygens (including phenoxy) is 1. The van der Waals surface area contributed by atoms with Gasteiger partial charge in [-0.15, -0.1) is 0 Å². The Morgan fingerprint density at radius 3 is 2.37 bits per heavy atom. The molecule has 0 spiro atoms. The predicted molar refractivity (Wildman–Crippen MR) is 77.7 cm³/mol. The van der Waals surface area contributed by atoms with Crippen LogP contribution in [-0.4, -0.2) is 11.7 Å². The molecule has 0 aliphatic carbocycles. The third kappa shape index (κ3) is 3.28. The van der Waals surface area contributed by atoms with Gasteiger partial charge in [-0.05, 0) is 18.6 Å². The third-order valence-corrected chi connectivity index (χ3v) is 3.22. The van der Waals surface area contributed by atoms with Crippen LogP contribution in [0.1, 0.15) is 30.6 Å². The normalized spacial score (nSPS) is 12.2. The standard InChI is InChI=1S/C16H17ClO2/c1-2-11-19-15-10-6-4-8-13(15)16(18)12-7-3-5-9-14(12)17/h3-10,16,18H,2,11H2,1H3. The largest absolute Gasteiger partial charge is 0.493 e. The Balaban J connectivity index is 2.33. The lowest BCUT2D eigenvalue weighted by Crippen LogP contribution is -2.05. The topological polar surface area (TPSA) is 29.5 Å². The molecule has 0 radical (unpaired) electrons. The monoisotopic (exact) mass is 276 g/mol. The maximum atomic E-state index is 10.5. The highest BCUT2D eigenvalue weighted by molar-refractivity contribution is 6.31. The van der Waals surface area contributed by atoms with Crippen molar-refractivity contribution in [1.82, 2.24) is 0 Å². The molecule has 0 aliphatic rings. The van der Waals surface area contributed by atoms with Gasteiger partial charge in [-0.25, -0.2) is 0 Å². The molecule has 3 heteroatoms. The van der Waals surface area contributed by atoms with E-state index >= 15 is 0 Å². The molecular weight excluding hydrogens is 260 g/mol. The van der Waals surface area contributed by atoms with Crippen LogP contribution in [0, 0.1) is 0 Å². The molecule has 0 saturated heterocycles. The molecule has 2 nitrogen and oxygen atoms in total. The molecule has 0 fully saturated rings. The Hall–Kier alpha value is -1.51. The van der Waals surface area contributed by atoms with Gasteiger partial charge in [0.2, 0.25) is 0 Å². The molecule has 0 aromatic heterocycles. The molecule has 2 aromatic carbocycles. The molecule has 100 valence electrons. The van der Waals surface area contributed by atoms with E-state index in [-0.39, 0.29) is 0 Å². The summed E-state index contributed by atoms with van der Waals surface area (Å²) in [7, 11) is 0. The van der Waals surface area contributed by atoms with Gasteiger partial charge in [0.15, 0.2) is 0 Å². The van der Waals surface area contributed by atoms with E-state index in [2.05, 4.69) is 0 Å². The summed E-state index contributed by atoms with van der Waals surface area (Å²) in [6.07, 6.45) is 0.151. The van der Waals surface area contributed by atoms with Crippen molar-refractivity contribution in [1.29, 1.82) is 0 Å². The lowest BCUT2D eigenvalue weighted by atomic mass is 10.0. The average molecular weight is 277 g/mol. The second kappa shape index (κ2) is 6.60. The number of aliphatic hydroxyl groups excluding tert-OH is 1. The van der Waals surface area contributed by atoms with Crippen LogP contribution < -0.4 is 4.74 Å². The van der Waals surface area contributed by atoms with Crippen molar-refractivity contribution in [3.8, 4) is 5.75 Å². The van der Waals surface area contributed by atoms with E-state index < -0.39 is 6.10 Å². The summed E-state index contributed by atoms with van der Waals surface area (Å²) in [5.41, 5.74) is 1.43. The molecule has 0 amide bonds. The highest BCUT2D eigenvalue weighted by Crippen LogP contribution is 2.33. The number of rotatable bonds is 5. The fraction of sp³-hybridized carbons (Fsp3) is 0.250. The molecule has 2 aromatic rings. The summed E-state index contributed by atoms with van der Waals surface area (Å²) in [5.74, 6) is 0.705. The van der Waals surface area contributed by atoms with Crippen molar-refractivity contribution < 1.29 is 9.84 Å². The van der Waals surface area contributed by atoms with Gasteiger partial charge in [0.05, 0.1) is 6.61 Å². The lowest BCUT2D eigenvalue weighted by molar-refractivity contribution is 0.210. The van der Waals surface area contributed by atoms with Crippen molar-refractivity contribution in [2.75, 3.05) is 6.61 Å². The molecular formula is C16H17ClO2. The molecule has 19 heavy (non-hydrogen) atoms. The van der Waals surface area contributed by atoms with Crippen molar-refractivity contribution in [2.45, 2.75) is 19.4 Å². The molecule has 1 atom stereocenters. The zero-order chi connectivity index (χ0) is 13.7. The fourth-order valence-corrected chi connectivity index (χ4v) is 2.15. The predicted octanol–water partition coefficient (Wildman–Crippen LogP) is 4.21. The van der Waals surface area contributed by atoms with Crippen molar-refractivity contribution in [2.24, 2.45) is 0 Å². The molecule has 2 rings (SSSR count). The van der Waals surface area contributed by atoms with Crippen LogP contribution in [0.25, 0.3) is 0 Å². The third-order valence-electron chi connectivity index (χ3n) is 2.88. The fourth-order valence-electron chi connectivity index (χ4n) is 1.91. The van der Waals surface area contributed by atoms with Crippen LogP contribution in [0.4, 0.5) is 0 Å². The number of hydrogen-bond donors (Lipinski definition) is 1. The number of aliphatic hydroxyl groups is 1. The molecule has 0 bridgehead atoms. The summed E-state index contributed by atoms with van der Waals surface area (Å²) >= 11 is 6.12. The number of halogens is 1. The summed E-state index contributed by atoms with van der Waals surface area (Å²) < 4.78 is 5.67. The first-order chi connectivity index (χ1) is 9.24. The minimum Gasteiger partial charge on any atom is -0.493 e. The Morgan fingerprint density at radius 2 is 1.68 bits per heavy atom. The van der Waals surface area contributed by atoms with Gasteiger partial charge in [-0.1, -0.05) is 54.9 Å². The van der Waals surface area contributed by atoms with E-state index in [1.165, 1.54) is 0 Å². The average Bonchev–Trinajstić information content (AvgIpc) is 2.45. The van der Waals surface area contributed by atoms with Crippen molar-refractivity contribution >= 4 is 11.6 Å². The summed E-state index contributed by atoms with van der Waals surface area (Å²) in [4.78, 5) is 0. The van der Waals surface area contributed by atoms with Crippen LogP contribution in [0.3, 0.4) is 0 Å². The highest BCUT2D eigenvalue weighted by Gasteiger charge is 2.17. The van der Waals surface area contributed by atoms with Crippen LogP contribution in [0.2, 0.25) is 5.02 Å². The first-order valence-electron chi connectivity index (χ1n) is 6.38. The van der Waals surface area contributed by atoms with Crippen LogP contribution in [0.15, 0.2) is 48.5 Å². The number of para-hydroxylation sites is 1. The minimum atomic E-state index is -0.776.